The van der Waals surface area contributed by atoms with Crippen molar-refractivity contribution in [3.8, 4) is 0 Å². The largest absolute Gasteiger partial charge is 0.273 e. The quantitative estimate of drug-likeness (QED) is 0.599. The van der Waals surface area contributed by atoms with Crippen molar-refractivity contribution in [2.24, 2.45) is 28.3 Å². The summed E-state index contributed by atoms with van der Waals surface area (Å²) in [5, 5.41) is 6.93. The van der Waals surface area contributed by atoms with Crippen molar-refractivity contribution in [3.63, 3.8) is 0 Å². The second-order valence-electron chi connectivity index (χ2n) is 9.25. The van der Waals surface area contributed by atoms with Gasteiger partial charge in [-0.05, 0) is 79.5 Å². The Kier molecular flexibility index (Phi) is 4.07. The first kappa shape index (κ1) is 17.0. The minimum atomic E-state index is -0.0181. The smallest absolute Gasteiger partial charge is 0.244 e. The van der Waals surface area contributed by atoms with Crippen molar-refractivity contribution in [2.75, 3.05) is 0 Å². The molecule has 0 unspecified atom stereocenters. The van der Waals surface area contributed by atoms with Gasteiger partial charge >= 0.3 is 0 Å². The number of hydrogen-bond donors (Lipinski definition) is 1. The van der Waals surface area contributed by atoms with E-state index in [1.807, 2.05) is 24.3 Å². The molecule has 0 aromatic heterocycles. The van der Waals surface area contributed by atoms with Crippen molar-refractivity contribution in [1.82, 2.24) is 5.43 Å². The van der Waals surface area contributed by atoms with Gasteiger partial charge in [-0.15, -0.1) is 0 Å². The number of amides is 1. The zero-order valence-electron chi connectivity index (χ0n) is 16.1. The molecule has 1 N–H and O–H groups in total. The highest BCUT2D eigenvalue weighted by Gasteiger charge is 2.52. The minimum absolute atomic E-state index is 0.0181. The predicted octanol–water partition coefficient (Wildman–Crippen LogP) is 5.09. The fourth-order valence-corrected chi connectivity index (χ4v) is 6.48. The number of nitrogens with zero attached hydrogens (tertiary/aromatic N) is 1. The third-order valence-corrected chi connectivity index (χ3v) is 7.38. The molecule has 3 heteroatoms. The molecule has 0 aliphatic heterocycles. The third-order valence-electron chi connectivity index (χ3n) is 7.38. The molecule has 140 valence electrons. The lowest BCUT2D eigenvalue weighted by atomic mass is 9.48. The Balaban J connectivity index is 1.30. The van der Waals surface area contributed by atoms with Crippen molar-refractivity contribution >= 4 is 22.4 Å². The Labute approximate surface area is 161 Å². The van der Waals surface area contributed by atoms with Crippen LogP contribution in [0.25, 0.3) is 10.8 Å². The molecule has 0 atom stereocenters. The highest BCUT2D eigenvalue weighted by atomic mass is 16.2. The third kappa shape index (κ3) is 3.07. The van der Waals surface area contributed by atoms with E-state index in [0.717, 1.165) is 34.4 Å². The highest BCUT2D eigenvalue weighted by Crippen LogP contribution is 2.60. The van der Waals surface area contributed by atoms with Gasteiger partial charge in [0, 0.05) is 11.1 Å². The van der Waals surface area contributed by atoms with E-state index in [4.69, 9.17) is 0 Å². The van der Waals surface area contributed by atoms with E-state index in [1.54, 1.807) is 0 Å². The summed E-state index contributed by atoms with van der Waals surface area (Å²) in [5.74, 6) is 2.67. The molecule has 27 heavy (non-hydrogen) atoms. The lowest BCUT2D eigenvalue weighted by molar-refractivity contribution is -0.120. The normalized spacial score (nSPS) is 32.0. The summed E-state index contributed by atoms with van der Waals surface area (Å²) in [6.07, 6.45) is 8.52. The maximum absolute atomic E-state index is 12.6. The summed E-state index contributed by atoms with van der Waals surface area (Å²) in [7, 11) is 0. The van der Waals surface area contributed by atoms with Crippen LogP contribution in [0.1, 0.15) is 51.0 Å². The molecular formula is C24H28N2O. The van der Waals surface area contributed by atoms with Gasteiger partial charge in [0.15, 0.2) is 0 Å². The van der Waals surface area contributed by atoms with Crippen LogP contribution >= 0.6 is 0 Å². The number of carbonyl (C=O) groups excluding carboxylic acids is 1. The van der Waals surface area contributed by atoms with Crippen molar-refractivity contribution in [1.29, 1.82) is 0 Å². The Morgan fingerprint density at radius 3 is 2.33 bits per heavy atom. The van der Waals surface area contributed by atoms with Gasteiger partial charge in [0.25, 0.3) is 0 Å². The average molecular weight is 361 g/mol. The van der Waals surface area contributed by atoms with Crippen LogP contribution in [-0.2, 0) is 11.2 Å². The molecule has 2 aromatic carbocycles. The van der Waals surface area contributed by atoms with Crippen LogP contribution in [0.4, 0.5) is 0 Å². The van der Waals surface area contributed by atoms with Crippen LogP contribution < -0.4 is 5.43 Å². The lowest BCUT2D eigenvalue weighted by Gasteiger charge is -2.56. The van der Waals surface area contributed by atoms with Crippen molar-refractivity contribution in [2.45, 2.75) is 51.9 Å². The fraction of sp³-hybridized carbons (Fsp3) is 0.500. The summed E-state index contributed by atoms with van der Waals surface area (Å²) in [6.45, 7) is 2.14. The molecule has 2 aromatic rings. The lowest BCUT2D eigenvalue weighted by Crippen LogP contribution is -2.49. The maximum Gasteiger partial charge on any atom is 0.244 e. The van der Waals surface area contributed by atoms with Crippen molar-refractivity contribution in [3.05, 3.63) is 48.0 Å². The molecular weight excluding hydrogens is 332 g/mol. The number of nitrogens with one attached hydrogen (secondary N) is 1. The zero-order chi connectivity index (χ0) is 18.4. The van der Waals surface area contributed by atoms with Crippen LogP contribution in [0.3, 0.4) is 0 Å². The first-order valence-electron chi connectivity index (χ1n) is 10.4. The molecule has 4 saturated carbocycles. The molecule has 0 saturated heterocycles. The van der Waals surface area contributed by atoms with Crippen LogP contribution in [0.15, 0.2) is 47.6 Å². The van der Waals surface area contributed by atoms with Gasteiger partial charge in [-0.1, -0.05) is 42.5 Å². The molecule has 0 radical (unpaired) electrons. The van der Waals surface area contributed by atoms with Gasteiger partial charge in [0.05, 0.1) is 6.42 Å². The van der Waals surface area contributed by atoms with E-state index in [9.17, 15) is 4.79 Å². The number of hydrazone groups is 1. The van der Waals surface area contributed by atoms with Gasteiger partial charge in [0.1, 0.15) is 0 Å². The van der Waals surface area contributed by atoms with Crippen LogP contribution in [0.5, 0.6) is 0 Å². The first-order valence-corrected chi connectivity index (χ1v) is 10.4. The molecule has 4 bridgehead atoms. The van der Waals surface area contributed by atoms with Gasteiger partial charge < -0.3 is 0 Å². The summed E-state index contributed by atoms with van der Waals surface area (Å²) in [4.78, 5) is 12.6. The summed E-state index contributed by atoms with van der Waals surface area (Å²) < 4.78 is 0. The molecule has 0 heterocycles. The molecule has 0 spiro atoms. The Bertz CT molecular complexity index is 873. The van der Waals surface area contributed by atoms with E-state index >= 15 is 0 Å². The second-order valence-corrected chi connectivity index (χ2v) is 9.25. The second kappa shape index (κ2) is 6.47. The standard InChI is InChI=1S/C24H28N2O/c1-16(24-13-17-9-18(14-24)11-19(10-17)15-24)25-26-23(27)12-21-7-4-6-20-5-2-3-8-22(20)21/h2-8,17-19H,9-15H2,1H3,(H,26,27). The highest BCUT2D eigenvalue weighted by molar-refractivity contribution is 5.92. The predicted molar refractivity (Wildman–Crippen MR) is 110 cm³/mol. The number of carbonyl (C=O) groups is 1. The van der Waals surface area contributed by atoms with E-state index < -0.39 is 0 Å². The SMILES string of the molecule is CC(=NNC(=O)Cc1cccc2ccccc12)C12CC3CC(CC(C3)C1)C2. The molecule has 4 aliphatic carbocycles. The number of benzene rings is 2. The zero-order valence-corrected chi connectivity index (χ0v) is 16.1. The van der Waals surface area contributed by atoms with E-state index in [1.165, 1.54) is 43.9 Å². The summed E-state index contributed by atoms with van der Waals surface area (Å²) in [5.41, 5.74) is 5.36. The van der Waals surface area contributed by atoms with E-state index in [2.05, 4.69) is 35.7 Å². The molecule has 4 fully saturated rings. The van der Waals surface area contributed by atoms with Gasteiger partial charge in [-0.3, -0.25) is 4.79 Å². The maximum atomic E-state index is 12.6. The molecule has 1 amide bonds. The first-order chi connectivity index (χ1) is 13.1. The minimum Gasteiger partial charge on any atom is -0.273 e. The number of fused-ring (bicyclic) bond motifs is 1. The molecule has 4 aliphatic rings. The Morgan fingerprint density at radius 1 is 1.00 bits per heavy atom. The summed E-state index contributed by atoms with van der Waals surface area (Å²) in [6, 6.07) is 14.4. The molecule has 6 rings (SSSR count). The average Bonchev–Trinajstić information content (AvgIpc) is 2.65. The van der Waals surface area contributed by atoms with Gasteiger partial charge in [-0.2, -0.15) is 5.10 Å². The topological polar surface area (TPSA) is 41.5 Å². The Hall–Kier alpha value is -2.16. The Morgan fingerprint density at radius 2 is 1.63 bits per heavy atom. The fourth-order valence-electron chi connectivity index (χ4n) is 6.48. The van der Waals surface area contributed by atoms with Crippen LogP contribution in [0.2, 0.25) is 0 Å². The van der Waals surface area contributed by atoms with Gasteiger partial charge in [-0.25, -0.2) is 5.43 Å². The van der Waals surface area contributed by atoms with Crippen LogP contribution in [0, 0.1) is 23.2 Å². The number of hydrogen-bond acceptors (Lipinski definition) is 2. The monoisotopic (exact) mass is 360 g/mol. The van der Waals surface area contributed by atoms with Crippen LogP contribution in [-0.4, -0.2) is 11.6 Å². The van der Waals surface area contributed by atoms with E-state index in [0.29, 0.717) is 6.42 Å². The van der Waals surface area contributed by atoms with Gasteiger partial charge in [0.2, 0.25) is 5.91 Å². The number of rotatable bonds is 4. The van der Waals surface area contributed by atoms with Crippen molar-refractivity contribution < 1.29 is 4.79 Å². The van der Waals surface area contributed by atoms with E-state index in [-0.39, 0.29) is 11.3 Å². The summed E-state index contributed by atoms with van der Waals surface area (Å²) >= 11 is 0. The molecule has 3 nitrogen and oxygen atoms in total.